The second-order valence-electron chi connectivity index (χ2n) is 38.3. The van der Waals surface area contributed by atoms with E-state index >= 15 is 0 Å². The first kappa shape index (κ1) is 124. The van der Waals surface area contributed by atoms with Crippen molar-refractivity contribution in [2.24, 2.45) is 7.05 Å². The minimum atomic E-state index is -0.892. The predicted octanol–water partition coefficient (Wildman–Crippen LogP) is 26.8. The van der Waals surface area contributed by atoms with Crippen molar-refractivity contribution < 1.29 is 53.3 Å². The number of pyridine rings is 4. The van der Waals surface area contributed by atoms with Crippen molar-refractivity contribution in [2.75, 3.05) is 33.0 Å². The van der Waals surface area contributed by atoms with E-state index in [2.05, 4.69) is 300 Å². The van der Waals surface area contributed by atoms with Crippen LogP contribution >= 0.6 is 0 Å². The Kier molecular flexibility index (Phi) is 62.2. The highest BCUT2D eigenvalue weighted by Crippen LogP contribution is 2.27. The largest absolute Gasteiger partial charge is 0.475 e. The van der Waals surface area contributed by atoms with Gasteiger partial charge in [0.15, 0.2) is 0 Å². The summed E-state index contributed by atoms with van der Waals surface area (Å²) in [4.78, 5) is 42.1. The van der Waals surface area contributed by atoms with Gasteiger partial charge < -0.3 is 53.5 Å². The maximum Gasteiger partial charge on any atom is 0.316 e. The van der Waals surface area contributed by atoms with Crippen LogP contribution in [0, 0.1) is 40.4 Å². The van der Waals surface area contributed by atoms with Crippen molar-refractivity contribution in [3.63, 3.8) is 0 Å². The molecule has 5 N–H and O–H groups in total. The summed E-state index contributed by atoms with van der Waals surface area (Å²) in [5, 5.41) is 48.9. The monoisotopic (exact) mass is 1920 g/mol. The van der Waals surface area contributed by atoms with Crippen molar-refractivity contribution in [3.05, 3.63) is 303 Å². The molecule has 0 aliphatic heterocycles. The molecule has 1 saturated carbocycles. The van der Waals surface area contributed by atoms with Gasteiger partial charge in [0.1, 0.15) is 49.7 Å². The van der Waals surface area contributed by atoms with Crippen LogP contribution in [0.4, 0.5) is 4.39 Å². The fourth-order valence-electron chi connectivity index (χ4n) is 13.2. The Hall–Kier alpha value is -11.0. The molecule has 23 nitrogen and oxygen atoms in total. The van der Waals surface area contributed by atoms with E-state index in [1.165, 1.54) is 69.4 Å². The third-order valence-electron chi connectivity index (χ3n) is 21.5. The van der Waals surface area contributed by atoms with Crippen LogP contribution in [0.15, 0.2) is 206 Å². The molecule has 1 fully saturated rings. The van der Waals surface area contributed by atoms with E-state index in [1.54, 1.807) is 36.9 Å². The van der Waals surface area contributed by atoms with Crippen LogP contribution in [0.2, 0.25) is 0 Å². The molecule has 10 heterocycles. The number of hydrogen-bond acceptors (Lipinski definition) is 21. The fourth-order valence-corrected chi connectivity index (χ4v) is 13.2. The Morgan fingerprint density at radius 3 is 1.39 bits per heavy atom. The Balaban J connectivity index is 0.000000515. The molecule has 0 bridgehead atoms. The van der Waals surface area contributed by atoms with Gasteiger partial charge >= 0.3 is 12.0 Å². The number of benzene rings is 2. The van der Waals surface area contributed by atoms with Gasteiger partial charge in [0.25, 0.3) is 0 Å². The van der Waals surface area contributed by atoms with E-state index in [0.29, 0.717) is 95.4 Å². The zero-order valence-electron chi connectivity index (χ0n) is 90.2. The first-order valence-electron chi connectivity index (χ1n) is 49.9. The Bertz CT molecular complexity index is 4930. The molecule has 766 valence electrons. The summed E-state index contributed by atoms with van der Waals surface area (Å²) in [6.45, 7) is 66.1. The number of rotatable bonds is 28. The lowest BCUT2D eigenvalue weighted by molar-refractivity contribution is 0.0503. The van der Waals surface area contributed by atoms with E-state index in [0.717, 1.165) is 71.3 Å². The van der Waals surface area contributed by atoms with Crippen LogP contribution < -0.4 is 18.9 Å². The number of aromatic nitrogens is 13. The van der Waals surface area contributed by atoms with Gasteiger partial charge in [-0.15, -0.1) is 0 Å². The molecule has 10 aromatic heterocycles. The summed E-state index contributed by atoms with van der Waals surface area (Å²) >= 11 is 0. The number of halogens is 1. The maximum absolute atomic E-state index is 12.8. The average molecular weight is 1920 g/mol. The van der Waals surface area contributed by atoms with Gasteiger partial charge in [0, 0.05) is 91.0 Å². The van der Waals surface area contributed by atoms with Gasteiger partial charge in [-0.05, 0) is 250 Å². The number of hydrogen-bond donors (Lipinski definition) is 5. The van der Waals surface area contributed by atoms with Gasteiger partial charge in [0.05, 0.1) is 61.3 Å². The van der Waals surface area contributed by atoms with Gasteiger partial charge in [-0.2, -0.15) is 10.1 Å². The van der Waals surface area contributed by atoms with E-state index in [1.807, 2.05) is 145 Å². The summed E-state index contributed by atoms with van der Waals surface area (Å²) in [6.07, 6.45) is 23.2. The Labute approximate surface area is 835 Å². The van der Waals surface area contributed by atoms with Crippen LogP contribution in [-0.4, -0.2) is 147 Å². The highest BCUT2D eigenvalue weighted by Gasteiger charge is 2.19. The average Bonchev–Trinajstić information content (AvgIpc) is 1.70. The molecule has 13 rings (SSSR count). The number of aliphatic hydroxyl groups is 5. The standard InChI is InChI=1S/C12H18N2O.C11H18N2O2.C11H17NO3.C10H16N2O3.C10H15N.C9H11F.C9H16N2.C9H13N.C9H14O.C9H12.C8H13N.C8H11N/c1-9(2)11-7-8-13-12(14-11)15-10-5-3-4-6-10;1-4-9(14)7-15-11-6-12-10(5-13-11)8(2)3;1-8(2)10-4-3-5-11(12-10)15-7-9(14)6-13;1-7(2)9-3-4-11-10(12-9)15-6-8(14)5-13;1-7(2)10-6-8(3)5-9(4)11-10;1-7(2)8-5-3-4-6-9(8)10;1-4-5-11-7-9(6-10-11)8(2)3;1-7(2)9-8(3)5-4-6-10-9;1-6(2)9-7(3)5-10-8(9)4;1-8(2)9-6-4-3-5-7-9;1-7(2)8-5-4-6-9(8)3;1-7(2)8-5-3-4-6-9-8/h7-10H,3-6H2,1-2H3;5-6,8-9,14H,4,7H2,1-3H3;3-5,8-9,13-14H,6-7H2,1-2H3;3-4,7-8,13-14H,5-6H2,1-2H3;5-7H,1-4H3;3-7H,1-2H3;6-8H,4-5H2,1-3H3;4-7H,1-3H3;5-6H,1-4H3;3-8H,1-2H3;4-7H,1-3H3;3-7H,1-2H3/t;2*9-;8-;;;;;;;;/m.111......../s1. The van der Waals surface area contributed by atoms with Crippen molar-refractivity contribution in [3.8, 4) is 23.8 Å². The molecular weight excluding hydrogens is 1740 g/mol. The van der Waals surface area contributed by atoms with Crippen LogP contribution in [0.3, 0.4) is 0 Å². The van der Waals surface area contributed by atoms with Crippen molar-refractivity contribution >= 4 is 0 Å². The topological polar surface area (TPSA) is 303 Å². The lowest BCUT2D eigenvalue weighted by atomic mass is 10.0. The molecule has 2 aromatic carbocycles. The number of ether oxygens (including phenoxy) is 4. The van der Waals surface area contributed by atoms with Crippen molar-refractivity contribution in [1.29, 1.82) is 0 Å². The molecule has 0 saturated heterocycles. The molecule has 1 aliphatic carbocycles. The lowest BCUT2D eigenvalue weighted by Crippen LogP contribution is -2.22. The van der Waals surface area contributed by atoms with Crippen LogP contribution in [0.1, 0.15) is 386 Å². The first-order chi connectivity index (χ1) is 65.9. The summed E-state index contributed by atoms with van der Waals surface area (Å²) in [5.41, 5.74) is 18.7. The molecule has 3 atom stereocenters. The fraction of sp³-hybridized carbons (Fsp3) is 0.522. The highest BCUT2D eigenvalue weighted by molar-refractivity contribution is 5.29. The second-order valence-corrected chi connectivity index (χ2v) is 38.3. The number of furan rings is 1. The molecule has 24 heteroatoms. The van der Waals surface area contributed by atoms with Crippen molar-refractivity contribution in [1.82, 2.24) is 64.2 Å². The van der Waals surface area contributed by atoms with Crippen LogP contribution in [0.5, 0.6) is 23.8 Å². The van der Waals surface area contributed by atoms with E-state index in [9.17, 15) is 9.50 Å². The molecule has 139 heavy (non-hydrogen) atoms. The minimum Gasteiger partial charge on any atom is -0.475 e. The quantitative estimate of drug-likeness (QED) is 0.0304. The van der Waals surface area contributed by atoms with Gasteiger partial charge in [-0.25, -0.2) is 29.3 Å². The van der Waals surface area contributed by atoms with E-state index in [-0.39, 0.29) is 50.8 Å². The predicted molar refractivity (Wildman–Crippen MR) is 567 cm³/mol. The third-order valence-corrected chi connectivity index (χ3v) is 21.5. The van der Waals surface area contributed by atoms with Gasteiger partial charge in [0.2, 0.25) is 11.8 Å². The molecule has 0 spiro atoms. The zero-order chi connectivity index (χ0) is 104. The van der Waals surface area contributed by atoms with E-state index < -0.39 is 18.3 Å². The molecule has 1 aliphatic rings. The highest BCUT2D eigenvalue weighted by atomic mass is 19.1. The van der Waals surface area contributed by atoms with E-state index in [4.69, 9.17) is 43.8 Å². The Morgan fingerprint density at radius 2 is 0.964 bits per heavy atom. The second kappa shape index (κ2) is 69.7. The van der Waals surface area contributed by atoms with Crippen LogP contribution in [0.25, 0.3) is 0 Å². The SMILES string of the molecule is CC(C)c1cccc(OC[C@H](O)CO)n1.CC(C)c1ccccc1.CC(C)c1ccccc1F.CC(C)c1ccccn1.CC(C)c1cccn1C.CC(C)c1ccnc(OC2CCCC2)n1.CC(C)c1ccnc(OC[C@H](O)CO)n1.CCCn1cc(C(C)C)cn1.CC[C@@H](O)COc1cnc(C(C)C)cn1.Cc1cc(C)nc(C(C)C)c1.Cc1cccnc1C(C)C.Cc1coc(C)c1C(C)C. The molecule has 12 aromatic rings. The van der Waals surface area contributed by atoms with Gasteiger partial charge in [-0.1, -0.05) is 247 Å². The Morgan fingerprint density at radius 1 is 0.424 bits per heavy atom. The third kappa shape index (κ3) is 52.7. The number of aliphatic hydroxyl groups excluding tert-OH is 5. The molecule has 0 unspecified atom stereocenters. The van der Waals surface area contributed by atoms with Crippen molar-refractivity contribution in [2.45, 2.75) is 355 Å². The molecular formula is C115H174FN13O10. The summed E-state index contributed by atoms with van der Waals surface area (Å²) in [5.74, 6) is 7.74. The zero-order valence-corrected chi connectivity index (χ0v) is 90.2. The van der Waals surface area contributed by atoms with Crippen LogP contribution in [-0.2, 0) is 13.6 Å². The smallest absolute Gasteiger partial charge is 0.316 e. The summed E-state index contributed by atoms with van der Waals surface area (Å²) in [6, 6.07) is 46.0. The normalized spacial score (nSPS) is 12.0. The summed E-state index contributed by atoms with van der Waals surface area (Å²) in [7, 11) is 2.08. The maximum atomic E-state index is 12.8. The minimum absolute atomic E-state index is 0.00194. The first-order valence-corrected chi connectivity index (χ1v) is 49.9. The summed E-state index contributed by atoms with van der Waals surface area (Å²) < 4.78 is 43.6. The molecule has 0 amide bonds. The van der Waals surface area contributed by atoms with Gasteiger partial charge in [-0.3, -0.25) is 24.6 Å². The number of aryl methyl sites for hydroxylation is 7. The lowest BCUT2D eigenvalue weighted by Gasteiger charge is -2.12. The molecule has 0 radical (unpaired) electrons. The number of nitrogens with zero attached hydrogens (tertiary/aromatic N) is 13.